The van der Waals surface area contributed by atoms with Crippen LogP contribution in [0.2, 0.25) is 0 Å². The van der Waals surface area contributed by atoms with Crippen molar-refractivity contribution in [1.82, 2.24) is 10.2 Å². The zero-order valence-electron chi connectivity index (χ0n) is 14.2. The Bertz CT molecular complexity index is 623. The van der Waals surface area contributed by atoms with Gasteiger partial charge in [-0.2, -0.15) is 0 Å². The van der Waals surface area contributed by atoms with Crippen molar-refractivity contribution in [3.05, 3.63) is 29.3 Å². The molecule has 3 rings (SSSR count). The number of nitrogens with zero attached hydrogens (tertiary/aromatic N) is 1. The van der Waals surface area contributed by atoms with Crippen molar-refractivity contribution in [3.63, 3.8) is 0 Å². The molecule has 2 heterocycles. The number of carbonyl (C=O) groups excluding carboxylic acids is 2. The van der Waals surface area contributed by atoms with E-state index in [2.05, 4.69) is 15.0 Å². The minimum atomic E-state index is -0.216. The molecule has 0 bridgehead atoms. The molecular formula is C18H24N2O4. The first-order chi connectivity index (χ1) is 11.5. The second-order valence-corrected chi connectivity index (χ2v) is 6.56. The van der Waals surface area contributed by atoms with Crippen LogP contribution in [-0.4, -0.2) is 55.7 Å². The molecule has 1 saturated heterocycles. The highest BCUT2D eigenvalue weighted by Gasteiger charge is 2.24. The Labute approximate surface area is 142 Å². The molecule has 1 aromatic rings. The highest BCUT2D eigenvalue weighted by Crippen LogP contribution is 2.29. The number of likely N-dealkylation sites (tertiary alicyclic amines) is 1. The van der Waals surface area contributed by atoms with Crippen LogP contribution in [0, 0.1) is 0 Å². The van der Waals surface area contributed by atoms with Gasteiger partial charge in [-0.15, -0.1) is 0 Å². The molecule has 0 saturated carbocycles. The first-order valence-corrected chi connectivity index (χ1v) is 8.45. The van der Waals surface area contributed by atoms with Gasteiger partial charge in [-0.25, -0.2) is 0 Å². The minimum absolute atomic E-state index is 0.0382. The van der Waals surface area contributed by atoms with E-state index in [-0.39, 0.29) is 24.0 Å². The van der Waals surface area contributed by atoms with Crippen LogP contribution in [0.4, 0.5) is 0 Å². The number of carbonyl (C=O) groups is 2. The number of rotatable bonds is 4. The SMILES string of the molecule is COC(=O)CN1CCC(NC(=O)c2ccc3c(c2)CC(C)O3)CC1. The van der Waals surface area contributed by atoms with E-state index in [0.717, 1.165) is 43.7 Å². The molecule has 130 valence electrons. The fraction of sp³-hybridized carbons (Fsp3) is 0.556. The van der Waals surface area contributed by atoms with Crippen molar-refractivity contribution < 1.29 is 19.1 Å². The van der Waals surface area contributed by atoms with Gasteiger partial charge in [0.05, 0.1) is 13.7 Å². The van der Waals surface area contributed by atoms with Crippen molar-refractivity contribution in [2.45, 2.75) is 38.3 Å². The van der Waals surface area contributed by atoms with Crippen molar-refractivity contribution in [2.75, 3.05) is 26.7 Å². The van der Waals surface area contributed by atoms with E-state index < -0.39 is 0 Å². The van der Waals surface area contributed by atoms with Gasteiger partial charge in [0, 0.05) is 31.1 Å². The van der Waals surface area contributed by atoms with E-state index in [1.165, 1.54) is 7.11 Å². The Hall–Kier alpha value is -2.08. The summed E-state index contributed by atoms with van der Waals surface area (Å²) >= 11 is 0. The van der Waals surface area contributed by atoms with Gasteiger partial charge in [0.15, 0.2) is 0 Å². The first-order valence-electron chi connectivity index (χ1n) is 8.45. The predicted octanol–water partition coefficient (Wildman–Crippen LogP) is 1.38. The minimum Gasteiger partial charge on any atom is -0.490 e. The van der Waals surface area contributed by atoms with Gasteiger partial charge < -0.3 is 14.8 Å². The van der Waals surface area contributed by atoms with E-state index in [1.54, 1.807) is 0 Å². The van der Waals surface area contributed by atoms with Crippen LogP contribution >= 0.6 is 0 Å². The average molecular weight is 332 g/mol. The van der Waals surface area contributed by atoms with Crippen LogP contribution in [-0.2, 0) is 16.0 Å². The van der Waals surface area contributed by atoms with Crippen molar-refractivity contribution in [1.29, 1.82) is 0 Å². The number of nitrogens with one attached hydrogen (secondary N) is 1. The molecule has 0 radical (unpaired) electrons. The van der Waals surface area contributed by atoms with Gasteiger partial charge in [0.1, 0.15) is 11.9 Å². The fourth-order valence-corrected chi connectivity index (χ4v) is 3.31. The lowest BCUT2D eigenvalue weighted by molar-refractivity contribution is -0.142. The number of fused-ring (bicyclic) bond motifs is 1. The van der Waals surface area contributed by atoms with Gasteiger partial charge >= 0.3 is 5.97 Å². The number of methoxy groups -OCH3 is 1. The topological polar surface area (TPSA) is 67.9 Å². The molecule has 2 aliphatic heterocycles. The Morgan fingerprint density at radius 3 is 2.79 bits per heavy atom. The quantitative estimate of drug-likeness (QED) is 0.844. The third kappa shape index (κ3) is 3.87. The maximum absolute atomic E-state index is 12.5. The zero-order chi connectivity index (χ0) is 17.1. The van der Waals surface area contributed by atoms with Crippen LogP contribution < -0.4 is 10.1 Å². The summed E-state index contributed by atoms with van der Waals surface area (Å²) in [5, 5.41) is 3.10. The van der Waals surface area contributed by atoms with Gasteiger partial charge in [-0.05, 0) is 43.5 Å². The zero-order valence-corrected chi connectivity index (χ0v) is 14.2. The Kier molecular flexibility index (Phi) is 5.04. The Balaban J connectivity index is 1.51. The van der Waals surface area contributed by atoms with E-state index in [9.17, 15) is 9.59 Å². The normalized spacial score (nSPS) is 21.0. The van der Waals surface area contributed by atoms with Crippen LogP contribution in [0.5, 0.6) is 5.75 Å². The fourth-order valence-electron chi connectivity index (χ4n) is 3.31. The highest BCUT2D eigenvalue weighted by molar-refractivity contribution is 5.94. The van der Waals surface area contributed by atoms with E-state index in [0.29, 0.717) is 12.1 Å². The molecule has 6 nitrogen and oxygen atoms in total. The van der Waals surface area contributed by atoms with Crippen molar-refractivity contribution >= 4 is 11.9 Å². The highest BCUT2D eigenvalue weighted by atomic mass is 16.5. The molecule has 0 spiro atoms. The molecular weight excluding hydrogens is 308 g/mol. The number of benzene rings is 1. The average Bonchev–Trinajstić information content (AvgIpc) is 2.95. The summed E-state index contributed by atoms with van der Waals surface area (Å²) in [7, 11) is 1.40. The summed E-state index contributed by atoms with van der Waals surface area (Å²) in [5.41, 5.74) is 1.78. The van der Waals surface area contributed by atoms with Crippen LogP contribution in [0.1, 0.15) is 35.7 Å². The molecule has 2 aliphatic rings. The molecule has 24 heavy (non-hydrogen) atoms. The largest absolute Gasteiger partial charge is 0.490 e. The number of esters is 1. The second kappa shape index (κ2) is 7.21. The third-order valence-electron chi connectivity index (χ3n) is 4.66. The lowest BCUT2D eigenvalue weighted by Crippen LogP contribution is -2.46. The molecule has 1 amide bonds. The maximum atomic E-state index is 12.5. The van der Waals surface area contributed by atoms with Crippen molar-refractivity contribution in [3.8, 4) is 5.75 Å². The lowest BCUT2D eigenvalue weighted by atomic mass is 10.0. The number of hydrogen-bond acceptors (Lipinski definition) is 5. The summed E-state index contributed by atoms with van der Waals surface area (Å²) in [6.07, 6.45) is 2.71. The van der Waals surface area contributed by atoms with Crippen molar-refractivity contribution in [2.24, 2.45) is 0 Å². The smallest absolute Gasteiger partial charge is 0.319 e. The molecule has 1 N–H and O–H groups in total. The van der Waals surface area contributed by atoms with Gasteiger partial charge in [0.2, 0.25) is 0 Å². The van der Waals surface area contributed by atoms with Crippen LogP contribution in [0.25, 0.3) is 0 Å². The summed E-state index contributed by atoms with van der Waals surface area (Å²) in [6, 6.07) is 5.78. The third-order valence-corrected chi connectivity index (χ3v) is 4.66. The number of hydrogen-bond donors (Lipinski definition) is 1. The first kappa shape index (κ1) is 16.8. The molecule has 1 fully saturated rings. The van der Waals surface area contributed by atoms with Crippen LogP contribution in [0.15, 0.2) is 18.2 Å². The van der Waals surface area contributed by atoms with E-state index in [1.807, 2.05) is 25.1 Å². The van der Waals surface area contributed by atoms with Gasteiger partial charge in [-0.1, -0.05) is 0 Å². The second-order valence-electron chi connectivity index (χ2n) is 6.56. The molecule has 0 aromatic heterocycles. The maximum Gasteiger partial charge on any atom is 0.319 e. The predicted molar refractivity (Wildman–Crippen MR) is 89.2 cm³/mol. The summed E-state index contributed by atoms with van der Waals surface area (Å²) in [4.78, 5) is 25.8. The summed E-state index contributed by atoms with van der Waals surface area (Å²) < 4.78 is 10.4. The molecule has 0 aliphatic carbocycles. The summed E-state index contributed by atoms with van der Waals surface area (Å²) in [6.45, 7) is 3.92. The molecule has 1 atom stereocenters. The lowest BCUT2D eigenvalue weighted by Gasteiger charge is -2.31. The molecule has 6 heteroatoms. The number of amides is 1. The van der Waals surface area contributed by atoms with E-state index >= 15 is 0 Å². The van der Waals surface area contributed by atoms with Gasteiger partial charge in [-0.3, -0.25) is 14.5 Å². The molecule has 1 unspecified atom stereocenters. The van der Waals surface area contributed by atoms with Gasteiger partial charge in [0.25, 0.3) is 5.91 Å². The Morgan fingerprint density at radius 1 is 1.33 bits per heavy atom. The Morgan fingerprint density at radius 2 is 2.08 bits per heavy atom. The monoisotopic (exact) mass is 332 g/mol. The number of ether oxygens (including phenoxy) is 2. The number of piperidine rings is 1. The standard InChI is InChI=1S/C18H24N2O4/c1-12-9-14-10-13(3-4-16(14)24-12)18(22)19-15-5-7-20(8-6-15)11-17(21)23-2/h3-4,10,12,15H,5-9,11H2,1-2H3,(H,19,22). The molecule has 1 aromatic carbocycles. The van der Waals surface area contributed by atoms with E-state index in [4.69, 9.17) is 4.74 Å². The van der Waals surface area contributed by atoms with Crippen LogP contribution in [0.3, 0.4) is 0 Å². The summed E-state index contributed by atoms with van der Waals surface area (Å²) in [5.74, 6) is 0.631.